The summed E-state index contributed by atoms with van der Waals surface area (Å²) >= 11 is 0. The summed E-state index contributed by atoms with van der Waals surface area (Å²) in [6.07, 6.45) is 8.81. The minimum absolute atomic E-state index is 0.0767. The number of pyridine rings is 1. The lowest BCUT2D eigenvalue weighted by atomic mass is 10.1. The lowest BCUT2D eigenvalue weighted by molar-refractivity contribution is -0.149. The van der Waals surface area contributed by atoms with Gasteiger partial charge in [0.05, 0.1) is 5.69 Å². The van der Waals surface area contributed by atoms with Crippen molar-refractivity contribution in [3.8, 4) is 0 Å². The molecule has 1 aliphatic rings. The van der Waals surface area contributed by atoms with Gasteiger partial charge in [-0.3, -0.25) is 24.4 Å². The van der Waals surface area contributed by atoms with Crippen LogP contribution in [-0.4, -0.2) is 64.2 Å². The Hall–Kier alpha value is -3.30. The van der Waals surface area contributed by atoms with Crippen LogP contribution in [0.25, 0.3) is 16.8 Å². The maximum Gasteiger partial charge on any atom is 0.322 e. The molecular weight excluding hydrogens is 484 g/mol. The predicted molar refractivity (Wildman–Crippen MR) is 147 cm³/mol. The van der Waals surface area contributed by atoms with E-state index < -0.39 is 24.2 Å². The molecule has 1 aromatic heterocycles. The van der Waals surface area contributed by atoms with Gasteiger partial charge in [-0.1, -0.05) is 45.0 Å². The number of amides is 2. The molecule has 1 saturated heterocycles. The summed E-state index contributed by atoms with van der Waals surface area (Å²) in [4.78, 5) is 41.4. The molecule has 0 spiro atoms. The zero-order chi connectivity index (χ0) is 27.7. The first-order valence-electron chi connectivity index (χ1n) is 13.5. The van der Waals surface area contributed by atoms with Crippen LogP contribution in [-0.2, 0) is 25.5 Å². The summed E-state index contributed by atoms with van der Waals surface area (Å²) in [5.41, 5.74) is 4.93. The van der Waals surface area contributed by atoms with Gasteiger partial charge < -0.3 is 15.2 Å². The minimum atomic E-state index is -0.999. The number of nitrogens with zero attached hydrogens (tertiary/aromatic N) is 2. The van der Waals surface area contributed by atoms with Crippen molar-refractivity contribution in [1.29, 1.82) is 0 Å². The van der Waals surface area contributed by atoms with Crippen molar-refractivity contribution in [1.82, 2.24) is 20.7 Å². The molecule has 2 aromatic rings. The molecule has 3 N–H and O–H groups in total. The van der Waals surface area contributed by atoms with E-state index in [9.17, 15) is 19.5 Å². The molecule has 9 heteroatoms. The largest absolute Gasteiger partial charge is 0.480 e. The van der Waals surface area contributed by atoms with Crippen molar-refractivity contribution in [2.24, 2.45) is 5.92 Å². The van der Waals surface area contributed by atoms with Crippen LogP contribution in [0.4, 0.5) is 0 Å². The number of nitrogens with one attached hydrogen (secondary N) is 2. The van der Waals surface area contributed by atoms with Crippen LogP contribution in [0.1, 0.15) is 64.6 Å². The third-order valence-corrected chi connectivity index (χ3v) is 6.66. The number of unbranched alkanes of at least 4 members (excludes halogenated alkanes) is 1. The van der Waals surface area contributed by atoms with Crippen LogP contribution in [0.15, 0.2) is 36.5 Å². The number of rotatable bonds is 12. The highest BCUT2D eigenvalue weighted by Gasteiger charge is 2.32. The topological polar surface area (TPSA) is 121 Å². The fourth-order valence-electron chi connectivity index (χ4n) is 4.42. The van der Waals surface area contributed by atoms with E-state index in [1.807, 2.05) is 26.1 Å². The Balaban J connectivity index is 1.45. The molecule has 0 saturated carbocycles. The van der Waals surface area contributed by atoms with E-state index in [1.54, 1.807) is 6.92 Å². The third-order valence-electron chi connectivity index (χ3n) is 6.66. The number of allylic oxidation sites excluding steroid dienone is 1. The Morgan fingerprint density at radius 3 is 2.74 bits per heavy atom. The number of aliphatic carboxylic acids is 1. The van der Waals surface area contributed by atoms with E-state index in [1.165, 1.54) is 16.0 Å². The van der Waals surface area contributed by atoms with Gasteiger partial charge in [-0.15, -0.1) is 0 Å². The molecule has 0 bridgehead atoms. The molecule has 2 amide bonds. The van der Waals surface area contributed by atoms with Crippen molar-refractivity contribution in [2.75, 3.05) is 13.2 Å². The number of aryl methyl sites for hydroxylation is 1. The van der Waals surface area contributed by atoms with Crippen molar-refractivity contribution >= 4 is 34.6 Å². The number of benzene rings is 1. The normalized spacial score (nSPS) is 17.6. The minimum Gasteiger partial charge on any atom is -0.480 e. The molecular formula is C29H40N4O5. The highest BCUT2D eigenvalue weighted by atomic mass is 16.5. The zero-order valence-electron chi connectivity index (χ0n) is 22.8. The predicted octanol–water partition coefficient (Wildman–Crippen LogP) is 3.72. The maximum atomic E-state index is 12.9. The van der Waals surface area contributed by atoms with Crippen molar-refractivity contribution < 1.29 is 24.2 Å². The van der Waals surface area contributed by atoms with Crippen LogP contribution in [0.2, 0.25) is 0 Å². The Bertz CT molecular complexity index is 1150. The first-order valence-corrected chi connectivity index (χ1v) is 13.5. The second-order valence-electron chi connectivity index (χ2n) is 10.1. The van der Waals surface area contributed by atoms with Gasteiger partial charge in [0.2, 0.25) is 5.91 Å². The van der Waals surface area contributed by atoms with Gasteiger partial charge in [-0.25, -0.2) is 5.43 Å². The summed E-state index contributed by atoms with van der Waals surface area (Å²) < 4.78 is 5.90. The summed E-state index contributed by atoms with van der Waals surface area (Å²) in [6.45, 7) is 8.34. The van der Waals surface area contributed by atoms with Gasteiger partial charge in [0.15, 0.2) is 0 Å². The van der Waals surface area contributed by atoms with Crippen LogP contribution in [0, 0.1) is 5.92 Å². The van der Waals surface area contributed by atoms with E-state index in [0.29, 0.717) is 26.0 Å². The number of carbonyl (C=O) groups excluding carboxylic acids is 2. The molecule has 38 heavy (non-hydrogen) atoms. The van der Waals surface area contributed by atoms with Crippen molar-refractivity contribution in [2.45, 2.75) is 78.0 Å². The molecule has 1 fully saturated rings. The number of carbonyl (C=O) groups is 3. The van der Waals surface area contributed by atoms with Gasteiger partial charge >= 0.3 is 5.97 Å². The Kier molecular flexibility index (Phi) is 10.8. The van der Waals surface area contributed by atoms with Crippen LogP contribution < -0.4 is 10.7 Å². The summed E-state index contributed by atoms with van der Waals surface area (Å²) in [6, 6.07) is 6.91. The van der Waals surface area contributed by atoms with Crippen LogP contribution >= 0.6 is 0 Å². The number of hydrazine groups is 1. The Morgan fingerprint density at radius 2 is 2.03 bits per heavy atom. The van der Waals surface area contributed by atoms with E-state index in [-0.39, 0.29) is 17.7 Å². The third kappa shape index (κ3) is 8.10. The Labute approximate surface area is 224 Å². The van der Waals surface area contributed by atoms with E-state index >= 15 is 0 Å². The first-order chi connectivity index (χ1) is 18.2. The molecule has 9 nitrogen and oxygen atoms in total. The summed E-state index contributed by atoms with van der Waals surface area (Å²) in [7, 11) is 0. The first kappa shape index (κ1) is 29.3. The summed E-state index contributed by atoms with van der Waals surface area (Å²) in [5.74, 6) is -1.80. The van der Waals surface area contributed by atoms with Crippen molar-refractivity contribution in [3.05, 3.63) is 47.8 Å². The smallest absolute Gasteiger partial charge is 0.322 e. The zero-order valence-corrected chi connectivity index (χ0v) is 22.8. The average molecular weight is 525 g/mol. The fraction of sp³-hybridized carbons (Fsp3) is 0.517. The number of ether oxygens (including phenoxy) is 1. The van der Waals surface area contributed by atoms with Gasteiger partial charge in [-0.2, -0.15) is 0 Å². The van der Waals surface area contributed by atoms with Gasteiger partial charge in [0, 0.05) is 24.7 Å². The van der Waals surface area contributed by atoms with E-state index in [2.05, 4.69) is 53.0 Å². The number of hydrogen-bond acceptors (Lipinski definition) is 6. The monoisotopic (exact) mass is 524 g/mol. The van der Waals surface area contributed by atoms with Gasteiger partial charge in [-0.05, 0) is 68.0 Å². The maximum absolute atomic E-state index is 12.9. The molecule has 3 atom stereocenters. The highest BCUT2D eigenvalue weighted by Crippen LogP contribution is 2.18. The van der Waals surface area contributed by atoms with Crippen LogP contribution in [0.5, 0.6) is 0 Å². The number of fused-ring (bicyclic) bond motifs is 1. The highest BCUT2D eigenvalue weighted by molar-refractivity contribution is 5.89. The SMILES string of the molecule is CCc1ccc2cnc(C=CCCCOC(C(=O)NC(C)C(=O)N3CCCC(C(=O)O)N3)C(C)C)cc2c1. The van der Waals surface area contributed by atoms with Gasteiger partial charge in [0.1, 0.15) is 18.2 Å². The number of hydrogen-bond donors (Lipinski definition) is 3. The lowest BCUT2D eigenvalue weighted by Gasteiger charge is -2.34. The summed E-state index contributed by atoms with van der Waals surface area (Å²) in [5, 5.41) is 15.5. The van der Waals surface area contributed by atoms with Crippen LogP contribution in [0.3, 0.4) is 0 Å². The average Bonchev–Trinajstić information content (AvgIpc) is 2.91. The molecule has 1 aliphatic heterocycles. The number of aromatic nitrogens is 1. The fourth-order valence-corrected chi connectivity index (χ4v) is 4.42. The molecule has 3 unspecified atom stereocenters. The standard InChI is InChI=1S/C29H40N4O5/c1-5-21-12-13-22-18-30-24(17-23(22)16-21)10-7-6-8-15-38-26(19(2)3)27(34)31-20(4)28(35)33-14-9-11-25(32-33)29(36)37/h7,10,12-13,16-20,25-26,32H,5-6,8-9,11,14-15H2,1-4H3,(H,31,34)(H,36,37). The van der Waals surface area contributed by atoms with Gasteiger partial charge in [0.25, 0.3) is 5.91 Å². The molecule has 2 heterocycles. The Morgan fingerprint density at radius 1 is 1.24 bits per heavy atom. The molecule has 3 rings (SSSR count). The number of carboxylic acids is 1. The second kappa shape index (κ2) is 14.0. The molecule has 0 radical (unpaired) electrons. The lowest BCUT2D eigenvalue weighted by Crippen LogP contribution is -2.59. The quantitative estimate of drug-likeness (QED) is 0.362. The van der Waals surface area contributed by atoms with E-state index in [0.717, 1.165) is 30.3 Å². The number of carboxylic acid groups (broad SMARTS) is 1. The van der Waals surface area contributed by atoms with Crippen molar-refractivity contribution in [3.63, 3.8) is 0 Å². The molecule has 1 aromatic carbocycles. The second-order valence-corrected chi connectivity index (χ2v) is 10.1. The molecule has 206 valence electrons. The van der Waals surface area contributed by atoms with E-state index in [4.69, 9.17) is 4.74 Å². The molecule has 0 aliphatic carbocycles.